The third-order valence-corrected chi connectivity index (χ3v) is 5.13. The van der Waals surface area contributed by atoms with Gasteiger partial charge >= 0.3 is 0 Å². The summed E-state index contributed by atoms with van der Waals surface area (Å²) in [7, 11) is 0. The van der Waals surface area contributed by atoms with Crippen molar-refractivity contribution in [2.75, 3.05) is 0 Å². The first-order valence-electron chi connectivity index (χ1n) is 4.47. The zero-order valence-electron chi connectivity index (χ0n) is 7.86. The van der Waals surface area contributed by atoms with Gasteiger partial charge in [0.2, 0.25) is 0 Å². The Hall–Kier alpha value is 1.05. The standard InChI is InChI=1S/C9H18S3/c1-5-8(12)4-9(5,6(2)10)7(3)11/h5-8,10-12H,4H2,1-3H3/t5?,6-,7?,8?,9?/m0/s1. The van der Waals surface area contributed by atoms with Gasteiger partial charge in [0.05, 0.1) is 0 Å². The second-order valence-electron chi connectivity index (χ2n) is 4.02. The molecule has 1 aliphatic carbocycles. The van der Waals surface area contributed by atoms with E-state index in [-0.39, 0.29) is 0 Å². The summed E-state index contributed by atoms with van der Waals surface area (Å²) < 4.78 is 0. The van der Waals surface area contributed by atoms with E-state index in [9.17, 15) is 0 Å². The highest BCUT2D eigenvalue weighted by atomic mass is 32.1. The van der Waals surface area contributed by atoms with E-state index in [1.165, 1.54) is 0 Å². The van der Waals surface area contributed by atoms with E-state index in [0.717, 1.165) is 6.42 Å². The van der Waals surface area contributed by atoms with Crippen LogP contribution in [0.25, 0.3) is 0 Å². The molecule has 0 spiro atoms. The highest BCUT2D eigenvalue weighted by Gasteiger charge is 2.54. The van der Waals surface area contributed by atoms with Crippen LogP contribution in [-0.4, -0.2) is 15.7 Å². The molecule has 0 bridgehead atoms. The van der Waals surface area contributed by atoms with Gasteiger partial charge in [-0.1, -0.05) is 20.8 Å². The molecule has 1 saturated carbocycles. The summed E-state index contributed by atoms with van der Waals surface area (Å²) in [6.07, 6.45) is 1.16. The van der Waals surface area contributed by atoms with Gasteiger partial charge in [-0.15, -0.1) is 0 Å². The van der Waals surface area contributed by atoms with Gasteiger partial charge < -0.3 is 0 Å². The minimum absolute atomic E-state index is 0.304. The summed E-state index contributed by atoms with van der Waals surface area (Å²) in [5.41, 5.74) is 0.304. The van der Waals surface area contributed by atoms with Crippen molar-refractivity contribution in [2.24, 2.45) is 11.3 Å². The molecule has 1 rings (SSSR count). The largest absolute Gasteiger partial charge is 0.176 e. The van der Waals surface area contributed by atoms with Crippen LogP contribution in [-0.2, 0) is 0 Å². The van der Waals surface area contributed by atoms with Gasteiger partial charge in [0.1, 0.15) is 0 Å². The highest BCUT2D eigenvalue weighted by molar-refractivity contribution is 7.82. The van der Waals surface area contributed by atoms with Gasteiger partial charge in [0.15, 0.2) is 0 Å². The lowest BCUT2D eigenvalue weighted by atomic mass is 9.57. The second kappa shape index (κ2) is 3.66. The van der Waals surface area contributed by atoms with E-state index in [0.29, 0.717) is 27.1 Å². The average Bonchev–Trinajstić information content (AvgIpc) is 1.97. The van der Waals surface area contributed by atoms with E-state index in [4.69, 9.17) is 0 Å². The Kier molecular flexibility index (Phi) is 3.39. The molecule has 4 unspecified atom stereocenters. The summed E-state index contributed by atoms with van der Waals surface area (Å²) in [5, 5.41) is 1.39. The van der Waals surface area contributed by atoms with Crippen LogP contribution in [0.3, 0.4) is 0 Å². The lowest BCUT2D eigenvalue weighted by molar-refractivity contribution is 0.0595. The molecule has 0 aliphatic heterocycles. The summed E-state index contributed by atoms with van der Waals surface area (Å²) >= 11 is 13.6. The van der Waals surface area contributed by atoms with E-state index < -0.39 is 0 Å². The Labute approximate surface area is 92.1 Å². The molecule has 0 radical (unpaired) electrons. The van der Waals surface area contributed by atoms with Crippen LogP contribution in [0.4, 0.5) is 0 Å². The minimum Gasteiger partial charge on any atom is -0.176 e. The molecule has 1 fully saturated rings. The van der Waals surface area contributed by atoms with Gasteiger partial charge in [0, 0.05) is 15.7 Å². The fraction of sp³-hybridized carbons (Fsp3) is 1.00. The van der Waals surface area contributed by atoms with Crippen molar-refractivity contribution in [1.29, 1.82) is 0 Å². The molecule has 12 heavy (non-hydrogen) atoms. The Morgan fingerprint density at radius 3 is 1.75 bits per heavy atom. The van der Waals surface area contributed by atoms with Crippen LogP contribution in [0.2, 0.25) is 0 Å². The predicted octanol–water partition coefficient (Wildman–Crippen LogP) is 2.95. The topological polar surface area (TPSA) is 0 Å². The number of hydrogen-bond donors (Lipinski definition) is 3. The quantitative estimate of drug-likeness (QED) is 0.588. The number of rotatable bonds is 2. The van der Waals surface area contributed by atoms with Gasteiger partial charge in [0.25, 0.3) is 0 Å². The first-order chi connectivity index (χ1) is 5.43. The summed E-state index contributed by atoms with van der Waals surface area (Å²) in [5.74, 6) is 0.640. The zero-order chi connectivity index (χ0) is 9.52. The third kappa shape index (κ3) is 1.42. The molecular weight excluding hydrogens is 204 g/mol. The monoisotopic (exact) mass is 222 g/mol. The normalized spacial score (nSPS) is 46.5. The van der Waals surface area contributed by atoms with Crippen LogP contribution >= 0.6 is 37.9 Å². The molecule has 72 valence electrons. The third-order valence-electron chi connectivity index (χ3n) is 3.54. The first-order valence-corrected chi connectivity index (χ1v) is 6.02. The van der Waals surface area contributed by atoms with Crippen molar-refractivity contribution in [3.63, 3.8) is 0 Å². The zero-order valence-corrected chi connectivity index (χ0v) is 10.5. The van der Waals surface area contributed by atoms with E-state index in [1.807, 2.05) is 0 Å². The van der Waals surface area contributed by atoms with Gasteiger partial charge in [-0.25, -0.2) is 0 Å². The maximum absolute atomic E-state index is 4.57. The molecule has 0 nitrogen and oxygen atoms in total. The Morgan fingerprint density at radius 1 is 1.25 bits per heavy atom. The van der Waals surface area contributed by atoms with Crippen molar-refractivity contribution in [2.45, 2.75) is 42.9 Å². The SMILES string of the molecule is CC(S)C1([C@H](C)S)CC(S)C1C. The van der Waals surface area contributed by atoms with Gasteiger partial charge in [-0.3, -0.25) is 0 Å². The van der Waals surface area contributed by atoms with Crippen LogP contribution in [0.5, 0.6) is 0 Å². The molecule has 3 heteroatoms. The van der Waals surface area contributed by atoms with E-state index in [1.54, 1.807) is 0 Å². The maximum atomic E-state index is 4.57. The Bertz CT molecular complexity index is 157. The smallest absolute Gasteiger partial charge is 0.00587 e. The van der Waals surface area contributed by atoms with Crippen LogP contribution in [0, 0.1) is 11.3 Å². The Balaban J connectivity index is 2.78. The fourth-order valence-corrected chi connectivity index (χ4v) is 4.21. The van der Waals surface area contributed by atoms with Crippen LogP contribution < -0.4 is 0 Å². The van der Waals surface area contributed by atoms with E-state index in [2.05, 4.69) is 58.7 Å². The van der Waals surface area contributed by atoms with Crippen LogP contribution in [0.15, 0.2) is 0 Å². The van der Waals surface area contributed by atoms with Crippen molar-refractivity contribution >= 4 is 37.9 Å². The molecule has 0 aromatic rings. The molecule has 0 heterocycles. The average molecular weight is 222 g/mol. The summed E-state index contributed by atoms with van der Waals surface area (Å²) in [4.78, 5) is 0. The second-order valence-corrected chi connectivity index (χ2v) is 6.24. The predicted molar refractivity (Wildman–Crippen MR) is 65.9 cm³/mol. The molecule has 0 N–H and O–H groups in total. The summed E-state index contributed by atoms with van der Waals surface area (Å²) in [6.45, 7) is 6.61. The lowest BCUT2D eigenvalue weighted by Crippen LogP contribution is -2.57. The van der Waals surface area contributed by atoms with Crippen LogP contribution in [0.1, 0.15) is 27.2 Å². The van der Waals surface area contributed by atoms with Crippen molar-refractivity contribution in [1.82, 2.24) is 0 Å². The highest BCUT2D eigenvalue weighted by Crippen LogP contribution is 2.56. The van der Waals surface area contributed by atoms with Gasteiger partial charge in [-0.05, 0) is 17.8 Å². The fourth-order valence-electron chi connectivity index (χ4n) is 2.37. The molecule has 0 saturated heterocycles. The van der Waals surface area contributed by atoms with Crippen molar-refractivity contribution < 1.29 is 0 Å². The van der Waals surface area contributed by atoms with E-state index >= 15 is 0 Å². The summed E-state index contributed by atoms with van der Waals surface area (Å²) in [6, 6.07) is 0. The van der Waals surface area contributed by atoms with Gasteiger partial charge in [-0.2, -0.15) is 37.9 Å². The molecule has 0 aromatic heterocycles. The lowest BCUT2D eigenvalue weighted by Gasteiger charge is -2.57. The van der Waals surface area contributed by atoms with Crippen molar-refractivity contribution in [3.05, 3.63) is 0 Å². The molecule has 0 aromatic carbocycles. The molecular formula is C9H18S3. The molecule has 0 amide bonds. The number of hydrogen-bond acceptors (Lipinski definition) is 3. The minimum atomic E-state index is 0.304. The Morgan fingerprint density at radius 2 is 1.67 bits per heavy atom. The number of thiol groups is 3. The van der Waals surface area contributed by atoms with Crippen molar-refractivity contribution in [3.8, 4) is 0 Å². The maximum Gasteiger partial charge on any atom is 0.00587 e. The first kappa shape index (κ1) is 11.1. The molecule has 1 aliphatic rings. The molecule has 5 atom stereocenters.